The van der Waals surface area contributed by atoms with E-state index >= 15 is 0 Å². The molecule has 6 heteroatoms. The predicted molar refractivity (Wildman–Crippen MR) is 111 cm³/mol. The van der Waals surface area contributed by atoms with Crippen molar-refractivity contribution in [1.29, 1.82) is 0 Å². The molecular formula is C23H27NO5. The quantitative estimate of drug-likeness (QED) is 0.520. The van der Waals surface area contributed by atoms with Gasteiger partial charge in [0.2, 0.25) is 0 Å². The fourth-order valence-corrected chi connectivity index (χ4v) is 3.16. The number of hydrogen-bond donors (Lipinski definition) is 0. The van der Waals surface area contributed by atoms with Gasteiger partial charge in [-0.3, -0.25) is 9.59 Å². The molecule has 6 nitrogen and oxygen atoms in total. The molecule has 0 aliphatic heterocycles. The van der Waals surface area contributed by atoms with E-state index in [2.05, 4.69) is 0 Å². The fourth-order valence-electron chi connectivity index (χ4n) is 3.16. The molecule has 29 heavy (non-hydrogen) atoms. The number of esters is 2. The summed E-state index contributed by atoms with van der Waals surface area (Å²) in [5, 5.41) is 0. The topological polar surface area (TPSA) is 72.9 Å². The molecule has 2 aromatic carbocycles. The molecule has 0 aliphatic rings. The Balaban J connectivity index is 2.07. The molecule has 0 bridgehead atoms. The Bertz CT molecular complexity index is 863. The van der Waals surface area contributed by atoms with E-state index in [1.807, 2.05) is 33.8 Å². The summed E-state index contributed by atoms with van der Waals surface area (Å²) in [6.45, 7) is 8.75. The van der Waals surface area contributed by atoms with Crippen LogP contribution in [0.5, 0.6) is 5.75 Å². The maximum atomic E-state index is 12.4. The van der Waals surface area contributed by atoms with Crippen LogP contribution in [-0.4, -0.2) is 41.4 Å². The van der Waals surface area contributed by atoms with Crippen LogP contribution in [-0.2, 0) is 14.3 Å². The average Bonchev–Trinajstić information content (AvgIpc) is 2.65. The molecule has 2 rings (SSSR count). The fraction of sp³-hybridized carbons (Fsp3) is 0.348. The van der Waals surface area contributed by atoms with Gasteiger partial charge in [-0.2, -0.15) is 0 Å². The third-order valence-corrected chi connectivity index (χ3v) is 4.27. The van der Waals surface area contributed by atoms with Crippen LogP contribution in [0.15, 0.2) is 48.5 Å². The second kappa shape index (κ2) is 9.87. The number of carbonyl (C=O) groups excluding carboxylic acids is 3. The number of ether oxygens (including phenoxy) is 2. The molecule has 0 spiro atoms. The van der Waals surface area contributed by atoms with E-state index in [0.717, 1.165) is 11.1 Å². The first-order chi connectivity index (χ1) is 13.7. The van der Waals surface area contributed by atoms with E-state index in [1.165, 1.54) is 6.92 Å². The van der Waals surface area contributed by atoms with Crippen LogP contribution in [0, 0.1) is 0 Å². The summed E-state index contributed by atoms with van der Waals surface area (Å²) in [4.78, 5) is 37.5. The van der Waals surface area contributed by atoms with Crippen molar-refractivity contribution in [2.24, 2.45) is 0 Å². The Hall–Kier alpha value is -3.15. The highest BCUT2D eigenvalue weighted by Gasteiger charge is 2.21. The zero-order valence-corrected chi connectivity index (χ0v) is 17.5. The van der Waals surface area contributed by atoms with Crippen LogP contribution in [0.25, 0.3) is 11.1 Å². The summed E-state index contributed by atoms with van der Waals surface area (Å²) in [7, 11) is 0. The Labute approximate surface area is 171 Å². The molecule has 0 aromatic heterocycles. The van der Waals surface area contributed by atoms with Gasteiger partial charge in [0.1, 0.15) is 5.75 Å². The number of benzene rings is 2. The van der Waals surface area contributed by atoms with Crippen LogP contribution >= 0.6 is 0 Å². The zero-order chi connectivity index (χ0) is 21.6. The Morgan fingerprint density at radius 2 is 1.52 bits per heavy atom. The highest BCUT2D eigenvalue weighted by molar-refractivity contribution is 5.92. The molecule has 0 heterocycles. The molecule has 0 radical (unpaired) electrons. The second-order valence-electron chi connectivity index (χ2n) is 7.26. The lowest BCUT2D eigenvalue weighted by molar-refractivity contribution is -0.138. The van der Waals surface area contributed by atoms with Gasteiger partial charge in [-0.1, -0.05) is 24.3 Å². The first-order valence-corrected chi connectivity index (χ1v) is 9.56. The SMILES string of the molecule is CC(=O)Oc1ccc(-c2cccc(C(=O)OCC(=O)N(C(C)C)C(C)C)c2)cc1. The molecular weight excluding hydrogens is 370 g/mol. The van der Waals surface area contributed by atoms with Crippen LogP contribution < -0.4 is 4.74 Å². The molecule has 2 aromatic rings. The van der Waals surface area contributed by atoms with Crippen molar-refractivity contribution >= 4 is 17.8 Å². The highest BCUT2D eigenvalue weighted by Crippen LogP contribution is 2.23. The van der Waals surface area contributed by atoms with Gasteiger partial charge in [-0.05, 0) is 63.1 Å². The van der Waals surface area contributed by atoms with Gasteiger partial charge in [-0.15, -0.1) is 0 Å². The number of amides is 1. The van der Waals surface area contributed by atoms with Crippen molar-refractivity contribution in [1.82, 2.24) is 4.90 Å². The van der Waals surface area contributed by atoms with Crippen LogP contribution in [0.1, 0.15) is 45.0 Å². The van der Waals surface area contributed by atoms with Crippen LogP contribution in [0.4, 0.5) is 0 Å². The summed E-state index contributed by atoms with van der Waals surface area (Å²) in [5.74, 6) is -0.703. The number of hydrogen-bond acceptors (Lipinski definition) is 5. The highest BCUT2D eigenvalue weighted by atomic mass is 16.5. The van der Waals surface area contributed by atoms with Crippen molar-refractivity contribution < 1.29 is 23.9 Å². The predicted octanol–water partition coefficient (Wildman–Crippen LogP) is 4.08. The van der Waals surface area contributed by atoms with Gasteiger partial charge in [-0.25, -0.2) is 4.79 Å². The smallest absolute Gasteiger partial charge is 0.338 e. The van der Waals surface area contributed by atoms with Crippen LogP contribution in [0.2, 0.25) is 0 Å². The third kappa shape index (κ3) is 6.17. The molecule has 0 unspecified atom stereocenters. The standard InChI is InChI=1S/C23H27NO5/c1-15(2)24(16(3)4)22(26)14-28-23(27)20-8-6-7-19(13-20)18-9-11-21(12-10-18)29-17(5)25/h6-13,15-16H,14H2,1-5H3. The minimum Gasteiger partial charge on any atom is -0.452 e. The summed E-state index contributed by atoms with van der Waals surface area (Å²) < 4.78 is 10.3. The largest absolute Gasteiger partial charge is 0.452 e. The molecule has 0 fully saturated rings. The van der Waals surface area contributed by atoms with E-state index in [0.29, 0.717) is 11.3 Å². The van der Waals surface area contributed by atoms with Crippen molar-refractivity contribution in [3.05, 3.63) is 54.1 Å². The van der Waals surface area contributed by atoms with E-state index in [-0.39, 0.29) is 30.6 Å². The lowest BCUT2D eigenvalue weighted by Crippen LogP contribution is -2.44. The average molecular weight is 397 g/mol. The van der Waals surface area contributed by atoms with E-state index in [1.54, 1.807) is 47.4 Å². The molecule has 0 N–H and O–H groups in total. The minimum atomic E-state index is -0.552. The summed E-state index contributed by atoms with van der Waals surface area (Å²) in [6.07, 6.45) is 0. The zero-order valence-electron chi connectivity index (χ0n) is 17.5. The number of nitrogens with zero attached hydrogens (tertiary/aromatic N) is 1. The van der Waals surface area contributed by atoms with Gasteiger partial charge in [0, 0.05) is 19.0 Å². The third-order valence-electron chi connectivity index (χ3n) is 4.27. The minimum absolute atomic E-state index is 0.0273. The number of rotatable bonds is 7. The normalized spacial score (nSPS) is 10.7. The van der Waals surface area contributed by atoms with E-state index < -0.39 is 5.97 Å². The van der Waals surface area contributed by atoms with Gasteiger partial charge in [0.05, 0.1) is 5.56 Å². The molecule has 0 saturated carbocycles. The maximum Gasteiger partial charge on any atom is 0.338 e. The Kier molecular flexibility index (Phi) is 7.53. The van der Waals surface area contributed by atoms with Gasteiger partial charge < -0.3 is 14.4 Å². The van der Waals surface area contributed by atoms with Crippen molar-refractivity contribution in [3.8, 4) is 16.9 Å². The van der Waals surface area contributed by atoms with E-state index in [9.17, 15) is 14.4 Å². The summed E-state index contributed by atoms with van der Waals surface area (Å²) in [6, 6.07) is 14.0. The first-order valence-electron chi connectivity index (χ1n) is 9.56. The first kappa shape index (κ1) is 22.1. The monoisotopic (exact) mass is 397 g/mol. The van der Waals surface area contributed by atoms with Gasteiger partial charge >= 0.3 is 11.9 Å². The molecule has 0 aliphatic carbocycles. The molecule has 0 atom stereocenters. The van der Waals surface area contributed by atoms with Crippen molar-refractivity contribution in [2.45, 2.75) is 46.7 Å². The summed E-state index contributed by atoms with van der Waals surface area (Å²) in [5.41, 5.74) is 2.03. The van der Waals surface area contributed by atoms with E-state index in [4.69, 9.17) is 9.47 Å². The lowest BCUT2D eigenvalue weighted by Gasteiger charge is -2.30. The van der Waals surface area contributed by atoms with Gasteiger partial charge in [0.15, 0.2) is 6.61 Å². The van der Waals surface area contributed by atoms with Gasteiger partial charge in [0.25, 0.3) is 5.91 Å². The Morgan fingerprint density at radius 1 is 0.897 bits per heavy atom. The van der Waals surface area contributed by atoms with Crippen molar-refractivity contribution in [2.75, 3.05) is 6.61 Å². The molecule has 0 saturated heterocycles. The number of carbonyl (C=O) groups is 3. The van der Waals surface area contributed by atoms with Crippen LogP contribution in [0.3, 0.4) is 0 Å². The summed E-state index contributed by atoms with van der Waals surface area (Å²) >= 11 is 0. The maximum absolute atomic E-state index is 12.4. The Morgan fingerprint density at radius 3 is 2.07 bits per heavy atom. The lowest BCUT2D eigenvalue weighted by atomic mass is 10.0. The second-order valence-corrected chi connectivity index (χ2v) is 7.26. The molecule has 154 valence electrons. The molecule has 1 amide bonds. The van der Waals surface area contributed by atoms with Crippen molar-refractivity contribution in [3.63, 3.8) is 0 Å².